The minimum absolute atomic E-state index is 0.00841. The Bertz CT molecular complexity index is 457. The number of nitrogens with zero attached hydrogens (tertiary/aromatic N) is 1. The van der Waals surface area contributed by atoms with Crippen LogP contribution in [0.4, 0.5) is 13.6 Å². The summed E-state index contributed by atoms with van der Waals surface area (Å²) in [5.41, 5.74) is 0.165. The summed E-state index contributed by atoms with van der Waals surface area (Å²) in [5, 5.41) is 2.63. The number of carbonyl (C=O) groups is 1. The van der Waals surface area contributed by atoms with Crippen LogP contribution in [0.2, 0.25) is 0 Å². The Kier molecular flexibility index (Phi) is 4.35. The zero-order chi connectivity index (χ0) is 13.8. The highest BCUT2D eigenvalue weighted by Crippen LogP contribution is 2.16. The molecule has 1 N–H and O–H groups in total. The first kappa shape index (κ1) is 13.8. The van der Waals surface area contributed by atoms with Crippen molar-refractivity contribution in [2.24, 2.45) is 5.92 Å². The van der Waals surface area contributed by atoms with Crippen molar-refractivity contribution in [2.75, 3.05) is 13.1 Å². The van der Waals surface area contributed by atoms with Crippen LogP contribution in [-0.4, -0.2) is 24.0 Å². The first-order valence-corrected chi connectivity index (χ1v) is 6.53. The van der Waals surface area contributed by atoms with Crippen molar-refractivity contribution in [2.45, 2.75) is 26.3 Å². The molecule has 0 unspecified atom stereocenters. The molecule has 0 bridgehead atoms. The number of carbonyl (C=O) groups excluding carboxylic acids is 1. The molecular formula is C14H18F2N2O. The van der Waals surface area contributed by atoms with Crippen molar-refractivity contribution in [3.63, 3.8) is 0 Å². The fourth-order valence-corrected chi connectivity index (χ4v) is 2.17. The Morgan fingerprint density at radius 2 is 2.05 bits per heavy atom. The van der Waals surface area contributed by atoms with Crippen LogP contribution in [0.5, 0.6) is 0 Å². The summed E-state index contributed by atoms with van der Waals surface area (Å²) in [6, 6.07) is 3.02. The van der Waals surface area contributed by atoms with Gasteiger partial charge >= 0.3 is 6.03 Å². The van der Waals surface area contributed by atoms with E-state index in [-0.39, 0.29) is 18.1 Å². The number of likely N-dealkylation sites (tertiary alicyclic amines) is 1. The third-order valence-electron chi connectivity index (χ3n) is 3.51. The van der Waals surface area contributed by atoms with Gasteiger partial charge in [-0.1, -0.05) is 6.92 Å². The Hall–Kier alpha value is -1.65. The van der Waals surface area contributed by atoms with Gasteiger partial charge in [-0.15, -0.1) is 0 Å². The maximum atomic E-state index is 13.4. The van der Waals surface area contributed by atoms with Crippen molar-refractivity contribution in [3.8, 4) is 0 Å². The molecule has 1 fully saturated rings. The predicted molar refractivity (Wildman–Crippen MR) is 68.6 cm³/mol. The molecule has 3 nitrogen and oxygen atoms in total. The Morgan fingerprint density at radius 1 is 1.37 bits per heavy atom. The topological polar surface area (TPSA) is 32.3 Å². The number of benzene rings is 1. The van der Waals surface area contributed by atoms with E-state index < -0.39 is 11.6 Å². The average Bonchev–Trinajstić information content (AvgIpc) is 2.40. The lowest BCUT2D eigenvalue weighted by molar-refractivity contribution is 0.173. The maximum Gasteiger partial charge on any atom is 0.317 e. The van der Waals surface area contributed by atoms with Crippen LogP contribution in [0.3, 0.4) is 0 Å². The summed E-state index contributed by atoms with van der Waals surface area (Å²) in [6.45, 7) is 3.61. The number of rotatable bonds is 2. The van der Waals surface area contributed by atoms with E-state index in [2.05, 4.69) is 12.2 Å². The fraction of sp³-hybridized carbons (Fsp3) is 0.500. The van der Waals surface area contributed by atoms with E-state index in [1.807, 2.05) is 0 Å². The monoisotopic (exact) mass is 268 g/mol. The molecule has 1 aliphatic rings. The molecule has 1 heterocycles. The minimum Gasteiger partial charge on any atom is -0.334 e. The van der Waals surface area contributed by atoms with Gasteiger partial charge in [-0.2, -0.15) is 0 Å². The third-order valence-corrected chi connectivity index (χ3v) is 3.51. The van der Waals surface area contributed by atoms with E-state index in [0.717, 1.165) is 44.1 Å². The van der Waals surface area contributed by atoms with E-state index >= 15 is 0 Å². The normalized spacial score (nSPS) is 16.5. The lowest BCUT2D eigenvalue weighted by Crippen LogP contribution is -2.43. The lowest BCUT2D eigenvalue weighted by Gasteiger charge is -2.30. The summed E-state index contributed by atoms with van der Waals surface area (Å²) in [4.78, 5) is 13.6. The van der Waals surface area contributed by atoms with Crippen LogP contribution >= 0.6 is 0 Å². The summed E-state index contributed by atoms with van der Waals surface area (Å²) in [5.74, 6) is -0.365. The first-order chi connectivity index (χ1) is 9.06. The van der Waals surface area contributed by atoms with Crippen LogP contribution < -0.4 is 5.32 Å². The van der Waals surface area contributed by atoms with Crippen LogP contribution in [0, 0.1) is 17.6 Å². The van der Waals surface area contributed by atoms with Gasteiger partial charge < -0.3 is 10.2 Å². The van der Waals surface area contributed by atoms with Gasteiger partial charge in [0.15, 0.2) is 0 Å². The molecule has 1 aromatic carbocycles. The molecule has 0 atom stereocenters. The number of nitrogens with one attached hydrogen (secondary N) is 1. The quantitative estimate of drug-likeness (QED) is 0.878. The van der Waals surface area contributed by atoms with Gasteiger partial charge in [0.05, 0.1) is 0 Å². The third kappa shape index (κ3) is 3.66. The smallest absolute Gasteiger partial charge is 0.317 e. The maximum absolute atomic E-state index is 13.4. The molecule has 104 valence electrons. The highest BCUT2D eigenvalue weighted by molar-refractivity contribution is 5.74. The molecule has 19 heavy (non-hydrogen) atoms. The van der Waals surface area contributed by atoms with Gasteiger partial charge in [0, 0.05) is 25.2 Å². The van der Waals surface area contributed by atoms with Crippen molar-refractivity contribution in [1.82, 2.24) is 10.2 Å². The molecule has 0 saturated carbocycles. The molecule has 0 radical (unpaired) electrons. The second-order valence-electron chi connectivity index (χ2n) is 5.06. The SMILES string of the molecule is CC1CCN(C(=O)NCc2cc(F)ccc2F)CC1. The molecule has 0 aromatic heterocycles. The van der Waals surface area contributed by atoms with Crippen LogP contribution in [0.15, 0.2) is 18.2 Å². The molecule has 5 heteroatoms. The molecule has 0 aliphatic carbocycles. The fourth-order valence-electron chi connectivity index (χ4n) is 2.17. The van der Waals surface area contributed by atoms with Crippen LogP contribution in [-0.2, 0) is 6.54 Å². The highest BCUT2D eigenvalue weighted by Gasteiger charge is 2.20. The van der Waals surface area contributed by atoms with Crippen molar-refractivity contribution in [1.29, 1.82) is 0 Å². The average molecular weight is 268 g/mol. The van der Waals surface area contributed by atoms with Crippen LogP contribution in [0.25, 0.3) is 0 Å². The van der Waals surface area contributed by atoms with Crippen molar-refractivity contribution < 1.29 is 13.6 Å². The van der Waals surface area contributed by atoms with Gasteiger partial charge in [-0.25, -0.2) is 13.6 Å². The van der Waals surface area contributed by atoms with Gasteiger partial charge in [-0.3, -0.25) is 0 Å². The summed E-state index contributed by atoms with van der Waals surface area (Å²) >= 11 is 0. The summed E-state index contributed by atoms with van der Waals surface area (Å²) in [6.07, 6.45) is 1.98. The molecule has 1 aliphatic heterocycles. The van der Waals surface area contributed by atoms with E-state index in [9.17, 15) is 13.6 Å². The van der Waals surface area contributed by atoms with E-state index in [1.165, 1.54) is 0 Å². The van der Waals surface area contributed by atoms with Gasteiger partial charge in [0.2, 0.25) is 0 Å². The second-order valence-corrected chi connectivity index (χ2v) is 5.06. The Labute approximate surface area is 111 Å². The molecule has 1 aromatic rings. The Balaban J connectivity index is 1.88. The predicted octanol–water partition coefficient (Wildman–Crippen LogP) is 2.91. The zero-order valence-electron chi connectivity index (χ0n) is 11.0. The minimum atomic E-state index is -0.506. The number of hydrogen-bond donors (Lipinski definition) is 1. The van der Waals surface area contributed by atoms with E-state index in [4.69, 9.17) is 0 Å². The number of hydrogen-bond acceptors (Lipinski definition) is 1. The highest BCUT2D eigenvalue weighted by atomic mass is 19.1. The largest absolute Gasteiger partial charge is 0.334 e. The van der Waals surface area contributed by atoms with E-state index in [1.54, 1.807) is 4.90 Å². The lowest BCUT2D eigenvalue weighted by atomic mass is 10.00. The molecule has 2 rings (SSSR count). The Morgan fingerprint density at radius 3 is 2.74 bits per heavy atom. The number of urea groups is 1. The van der Waals surface area contributed by atoms with Gasteiger partial charge in [-0.05, 0) is 37.0 Å². The zero-order valence-corrected chi connectivity index (χ0v) is 11.0. The number of piperidine rings is 1. The summed E-state index contributed by atoms with van der Waals surface area (Å²) < 4.78 is 26.4. The van der Waals surface area contributed by atoms with Crippen LogP contribution in [0.1, 0.15) is 25.3 Å². The second kappa shape index (κ2) is 5.99. The molecule has 1 saturated heterocycles. The molecule has 0 spiro atoms. The number of halogens is 2. The number of amides is 2. The van der Waals surface area contributed by atoms with Crippen molar-refractivity contribution >= 4 is 6.03 Å². The van der Waals surface area contributed by atoms with Gasteiger partial charge in [0.25, 0.3) is 0 Å². The van der Waals surface area contributed by atoms with E-state index in [0.29, 0.717) is 5.92 Å². The first-order valence-electron chi connectivity index (χ1n) is 6.53. The van der Waals surface area contributed by atoms with Gasteiger partial charge in [0.1, 0.15) is 11.6 Å². The molecular weight excluding hydrogens is 250 g/mol. The van der Waals surface area contributed by atoms with Crippen molar-refractivity contribution in [3.05, 3.63) is 35.4 Å². The molecule has 2 amide bonds. The standard InChI is InChI=1S/C14H18F2N2O/c1-10-4-6-18(7-5-10)14(19)17-9-11-8-12(15)2-3-13(11)16/h2-3,8,10H,4-7,9H2,1H3,(H,17,19). The summed E-state index contributed by atoms with van der Waals surface area (Å²) in [7, 11) is 0.